The lowest BCUT2D eigenvalue weighted by molar-refractivity contribution is -0.126. The molecule has 0 saturated carbocycles. The van der Waals surface area contributed by atoms with Gasteiger partial charge in [-0.1, -0.05) is 26.8 Å². The highest BCUT2D eigenvalue weighted by molar-refractivity contribution is 5.81. The molecule has 0 bridgehead atoms. The summed E-state index contributed by atoms with van der Waals surface area (Å²) >= 11 is 0. The van der Waals surface area contributed by atoms with Gasteiger partial charge in [-0.25, -0.2) is 4.39 Å². The summed E-state index contributed by atoms with van der Waals surface area (Å²) in [5, 5.41) is 2.87. The van der Waals surface area contributed by atoms with E-state index >= 15 is 0 Å². The maximum absolute atomic E-state index is 13.0. The number of nitrogens with one attached hydrogen (secondary N) is 1. The number of carbonyl (C=O) groups is 1. The van der Waals surface area contributed by atoms with Crippen LogP contribution in [0.25, 0.3) is 0 Å². The summed E-state index contributed by atoms with van der Waals surface area (Å²) in [7, 11) is 0. The first kappa shape index (κ1) is 17.4. The Labute approximate surface area is 126 Å². The number of likely N-dealkylation sites (N-methyl/N-ethyl adjacent to an activating group) is 1. The van der Waals surface area contributed by atoms with Gasteiger partial charge < -0.3 is 10.1 Å². The van der Waals surface area contributed by atoms with E-state index in [2.05, 4.69) is 10.2 Å². The van der Waals surface area contributed by atoms with Gasteiger partial charge in [0.25, 0.3) is 0 Å². The minimum Gasteiger partial charge on any atom is -0.492 e. The van der Waals surface area contributed by atoms with Crippen molar-refractivity contribution in [2.24, 2.45) is 0 Å². The Bertz CT molecular complexity index is 436. The van der Waals surface area contributed by atoms with Crippen LogP contribution in [0, 0.1) is 5.82 Å². The third-order valence-corrected chi connectivity index (χ3v) is 3.41. The van der Waals surface area contributed by atoms with Crippen molar-refractivity contribution in [1.82, 2.24) is 10.2 Å². The van der Waals surface area contributed by atoms with Crippen molar-refractivity contribution in [1.29, 1.82) is 0 Å². The van der Waals surface area contributed by atoms with Crippen LogP contribution in [-0.2, 0) is 4.79 Å². The first-order valence-corrected chi connectivity index (χ1v) is 7.52. The molecular weight excluding hydrogens is 271 g/mol. The number of hydrogen-bond acceptors (Lipinski definition) is 3. The molecule has 5 heteroatoms. The zero-order chi connectivity index (χ0) is 15.7. The summed E-state index contributed by atoms with van der Waals surface area (Å²) in [4.78, 5) is 14.3. The Hall–Kier alpha value is -1.62. The van der Waals surface area contributed by atoms with Gasteiger partial charge in [-0.05, 0) is 31.6 Å². The molecule has 21 heavy (non-hydrogen) atoms. The van der Waals surface area contributed by atoms with Crippen molar-refractivity contribution in [2.75, 3.05) is 26.2 Å². The predicted octanol–water partition coefficient (Wildman–Crippen LogP) is 2.44. The number of rotatable bonds is 9. The summed E-state index contributed by atoms with van der Waals surface area (Å²) in [6.07, 6.45) is 0.776. The van der Waals surface area contributed by atoms with Gasteiger partial charge >= 0.3 is 0 Å². The van der Waals surface area contributed by atoms with Gasteiger partial charge in [0.15, 0.2) is 0 Å². The Morgan fingerprint density at radius 2 is 2.05 bits per heavy atom. The molecule has 0 saturated heterocycles. The summed E-state index contributed by atoms with van der Waals surface area (Å²) in [6.45, 7) is 8.53. The zero-order valence-electron chi connectivity index (χ0n) is 13.1. The second kappa shape index (κ2) is 9.34. The standard InChI is InChI=1S/C16H25FN2O2/c1-4-15(19(5-2)6-3)16(20)18-10-11-21-14-9-7-8-13(17)12-14/h7-9,12,15H,4-6,10-11H2,1-3H3,(H,18,20)/t15-/m1/s1. The number of carbonyl (C=O) groups excluding carboxylic acids is 1. The number of amides is 1. The van der Waals surface area contributed by atoms with Gasteiger partial charge in [0.2, 0.25) is 5.91 Å². The number of nitrogens with zero attached hydrogens (tertiary/aromatic N) is 1. The van der Waals surface area contributed by atoms with Gasteiger partial charge in [-0.2, -0.15) is 0 Å². The van der Waals surface area contributed by atoms with Gasteiger partial charge in [0, 0.05) is 6.07 Å². The topological polar surface area (TPSA) is 41.6 Å². The van der Waals surface area contributed by atoms with Crippen LogP contribution >= 0.6 is 0 Å². The summed E-state index contributed by atoms with van der Waals surface area (Å²) in [5.74, 6) is 0.160. The van der Waals surface area contributed by atoms with Crippen LogP contribution in [0.5, 0.6) is 5.75 Å². The molecule has 0 radical (unpaired) electrons. The fourth-order valence-electron chi connectivity index (χ4n) is 2.29. The van der Waals surface area contributed by atoms with E-state index in [4.69, 9.17) is 4.74 Å². The predicted molar refractivity (Wildman–Crippen MR) is 81.9 cm³/mol. The van der Waals surface area contributed by atoms with Crippen molar-refractivity contribution in [3.8, 4) is 5.75 Å². The van der Waals surface area contributed by atoms with Gasteiger partial charge in [0.1, 0.15) is 18.2 Å². The first-order chi connectivity index (χ1) is 10.1. The molecule has 1 N–H and O–H groups in total. The van der Waals surface area contributed by atoms with Gasteiger partial charge in [0.05, 0.1) is 12.6 Å². The summed E-state index contributed by atoms with van der Waals surface area (Å²) in [5.41, 5.74) is 0. The molecule has 1 amide bonds. The monoisotopic (exact) mass is 296 g/mol. The van der Waals surface area contributed by atoms with Crippen LogP contribution in [-0.4, -0.2) is 43.1 Å². The number of ether oxygens (including phenoxy) is 1. The number of halogens is 1. The van der Waals surface area contributed by atoms with Crippen molar-refractivity contribution < 1.29 is 13.9 Å². The van der Waals surface area contributed by atoms with E-state index < -0.39 is 0 Å². The minimum absolute atomic E-state index is 0.0176. The molecule has 118 valence electrons. The molecule has 0 aliphatic carbocycles. The van der Waals surface area contributed by atoms with Crippen LogP contribution in [0.15, 0.2) is 24.3 Å². The van der Waals surface area contributed by atoms with Crippen LogP contribution in [0.3, 0.4) is 0 Å². The van der Waals surface area contributed by atoms with E-state index in [1.54, 1.807) is 12.1 Å². The first-order valence-electron chi connectivity index (χ1n) is 7.52. The molecule has 1 atom stereocenters. The Morgan fingerprint density at radius 3 is 2.62 bits per heavy atom. The molecular formula is C16H25FN2O2. The van der Waals surface area contributed by atoms with Crippen LogP contribution in [0.1, 0.15) is 27.2 Å². The van der Waals surface area contributed by atoms with E-state index in [0.717, 1.165) is 19.5 Å². The second-order valence-corrected chi connectivity index (χ2v) is 4.74. The summed E-state index contributed by atoms with van der Waals surface area (Å²) in [6, 6.07) is 5.87. The van der Waals surface area contributed by atoms with E-state index in [-0.39, 0.29) is 17.8 Å². The van der Waals surface area contributed by atoms with Gasteiger partial charge in [-0.3, -0.25) is 9.69 Å². The van der Waals surface area contributed by atoms with E-state index in [9.17, 15) is 9.18 Å². The molecule has 0 aliphatic heterocycles. The van der Waals surface area contributed by atoms with Crippen molar-refractivity contribution in [2.45, 2.75) is 33.2 Å². The maximum atomic E-state index is 13.0. The minimum atomic E-state index is -0.330. The van der Waals surface area contributed by atoms with Crippen LogP contribution in [0.2, 0.25) is 0 Å². The third-order valence-electron chi connectivity index (χ3n) is 3.41. The largest absolute Gasteiger partial charge is 0.492 e. The molecule has 4 nitrogen and oxygen atoms in total. The fraction of sp³-hybridized carbons (Fsp3) is 0.562. The van der Waals surface area contributed by atoms with Crippen molar-refractivity contribution >= 4 is 5.91 Å². The SMILES string of the molecule is CC[C@H](C(=O)NCCOc1cccc(F)c1)N(CC)CC. The molecule has 0 unspecified atom stereocenters. The average molecular weight is 296 g/mol. The Balaban J connectivity index is 2.35. The highest BCUT2D eigenvalue weighted by Crippen LogP contribution is 2.11. The maximum Gasteiger partial charge on any atom is 0.237 e. The van der Waals surface area contributed by atoms with Crippen LogP contribution in [0.4, 0.5) is 4.39 Å². The summed E-state index contributed by atoms with van der Waals surface area (Å²) < 4.78 is 18.4. The lowest BCUT2D eigenvalue weighted by Gasteiger charge is -2.27. The molecule has 0 fully saturated rings. The molecule has 0 aliphatic rings. The Kier molecular flexibility index (Phi) is 7.75. The Morgan fingerprint density at radius 1 is 1.33 bits per heavy atom. The zero-order valence-corrected chi connectivity index (χ0v) is 13.1. The van der Waals surface area contributed by atoms with Crippen molar-refractivity contribution in [3.63, 3.8) is 0 Å². The normalized spacial score (nSPS) is 12.2. The van der Waals surface area contributed by atoms with Crippen molar-refractivity contribution in [3.05, 3.63) is 30.1 Å². The fourth-order valence-corrected chi connectivity index (χ4v) is 2.29. The smallest absolute Gasteiger partial charge is 0.237 e. The number of hydrogen-bond donors (Lipinski definition) is 1. The van der Waals surface area contributed by atoms with E-state index in [0.29, 0.717) is 18.9 Å². The number of benzene rings is 1. The third kappa shape index (κ3) is 5.71. The highest BCUT2D eigenvalue weighted by Gasteiger charge is 2.21. The lowest BCUT2D eigenvalue weighted by Crippen LogP contribution is -2.47. The highest BCUT2D eigenvalue weighted by atomic mass is 19.1. The second-order valence-electron chi connectivity index (χ2n) is 4.74. The molecule has 1 aromatic carbocycles. The molecule has 1 aromatic rings. The van der Waals surface area contributed by atoms with E-state index in [1.807, 2.05) is 20.8 Å². The van der Waals surface area contributed by atoms with Gasteiger partial charge in [-0.15, -0.1) is 0 Å². The average Bonchev–Trinajstić information content (AvgIpc) is 2.49. The quantitative estimate of drug-likeness (QED) is 0.712. The molecule has 1 rings (SSSR count). The molecule has 0 aromatic heterocycles. The lowest BCUT2D eigenvalue weighted by atomic mass is 10.1. The van der Waals surface area contributed by atoms with E-state index in [1.165, 1.54) is 12.1 Å². The van der Waals surface area contributed by atoms with Crippen LogP contribution < -0.4 is 10.1 Å². The molecule has 0 spiro atoms. The molecule has 0 heterocycles.